The highest BCUT2D eigenvalue weighted by molar-refractivity contribution is 8.77. The molecule has 25 heavy (non-hydrogen) atoms. The highest BCUT2D eigenvalue weighted by Crippen LogP contribution is 2.39. The molecule has 1 aliphatic rings. The molecule has 2 rings (SSSR count). The molecule has 0 spiro atoms. The number of unbranched alkanes of at least 4 members (excludes halogenated alkanes) is 1. The fourth-order valence-corrected chi connectivity index (χ4v) is 5.86. The lowest BCUT2D eigenvalue weighted by molar-refractivity contribution is -0.121. The fourth-order valence-electron chi connectivity index (χ4n) is 2.83. The molecule has 1 heterocycles. The molecule has 1 aromatic rings. The van der Waals surface area contributed by atoms with Gasteiger partial charge in [0, 0.05) is 17.4 Å². The number of hydrogen-bond acceptors (Lipinski definition) is 6. The van der Waals surface area contributed by atoms with Gasteiger partial charge in [0.05, 0.1) is 5.94 Å². The molecule has 1 unspecified atom stereocenters. The lowest BCUT2D eigenvalue weighted by Crippen LogP contribution is -2.47. The van der Waals surface area contributed by atoms with Crippen molar-refractivity contribution in [2.45, 2.75) is 56.6 Å². The van der Waals surface area contributed by atoms with Gasteiger partial charge in [-0.25, -0.2) is 0 Å². The highest BCUT2D eigenvalue weighted by atomic mass is 33.1. The Morgan fingerprint density at radius 2 is 2.20 bits per heavy atom. The number of carbonyl (C=O) groups excluding carboxylic acids is 1. The van der Waals surface area contributed by atoms with Crippen LogP contribution in [0.3, 0.4) is 0 Å². The molecule has 4 N–H and O–H groups in total. The van der Waals surface area contributed by atoms with Crippen molar-refractivity contribution in [3.63, 3.8) is 0 Å². The van der Waals surface area contributed by atoms with Crippen LogP contribution < -0.4 is 5.32 Å². The highest BCUT2D eigenvalue weighted by Gasteiger charge is 2.25. The zero-order valence-electron chi connectivity index (χ0n) is 14.5. The molecule has 5 nitrogen and oxygen atoms in total. The SMILES string of the molecule is Cc1cc(CC(NC(=O)CCCC[C@@H]2CCSS2)B(O)O)ccc1O. The van der Waals surface area contributed by atoms with Crippen LogP contribution in [0.15, 0.2) is 18.2 Å². The number of phenolic OH excluding ortho intramolecular Hbond substituents is 1. The van der Waals surface area contributed by atoms with E-state index in [1.54, 1.807) is 25.1 Å². The second-order valence-electron chi connectivity index (χ2n) is 6.49. The predicted molar refractivity (Wildman–Crippen MR) is 106 cm³/mol. The first kappa shape index (κ1) is 20.5. The third-order valence-electron chi connectivity index (χ3n) is 4.33. The molecule has 2 atom stereocenters. The van der Waals surface area contributed by atoms with Crippen LogP contribution in [0.2, 0.25) is 0 Å². The first-order chi connectivity index (χ1) is 12.0. The van der Waals surface area contributed by atoms with Gasteiger partial charge in [-0.05, 0) is 49.8 Å². The van der Waals surface area contributed by atoms with Crippen molar-refractivity contribution in [2.75, 3.05) is 5.75 Å². The summed E-state index contributed by atoms with van der Waals surface area (Å²) in [7, 11) is 2.26. The Morgan fingerprint density at radius 3 is 2.84 bits per heavy atom. The maximum absolute atomic E-state index is 12.1. The minimum Gasteiger partial charge on any atom is -0.508 e. The minimum absolute atomic E-state index is 0.151. The van der Waals surface area contributed by atoms with Gasteiger partial charge in [-0.1, -0.05) is 40.1 Å². The molecule has 0 aliphatic carbocycles. The topological polar surface area (TPSA) is 89.8 Å². The molecule has 0 saturated carbocycles. The van der Waals surface area contributed by atoms with Gasteiger partial charge >= 0.3 is 7.12 Å². The maximum Gasteiger partial charge on any atom is 0.475 e. The van der Waals surface area contributed by atoms with Crippen LogP contribution in [0, 0.1) is 6.92 Å². The minimum atomic E-state index is -1.62. The Kier molecular flexibility index (Phi) is 8.48. The standard InChI is InChI=1S/C17H26BNO4S2/c1-12-10-13(6-7-15(12)20)11-16(18(22)23)19-17(21)5-3-2-4-14-8-9-24-25-14/h6-7,10,14,16,20,22-23H,2-5,8-9,11H2,1H3,(H,19,21)/t14-,16?/m1/s1. The van der Waals surface area contributed by atoms with Gasteiger partial charge in [0.2, 0.25) is 5.91 Å². The Hall–Kier alpha value is -0.825. The van der Waals surface area contributed by atoms with Crippen molar-refractivity contribution >= 4 is 34.6 Å². The summed E-state index contributed by atoms with van der Waals surface area (Å²) in [5.41, 5.74) is 1.56. The van der Waals surface area contributed by atoms with Crippen LogP contribution in [0.25, 0.3) is 0 Å². The first-order valence-electron chi connectivity index (χ1n) is 8.68. The lowest BCUT2D eigenvalue weighted by atomic mass is 9.75. The molecule has 8 heteroatoms. The number of hydrogen-bond donors (Lipinski definition) is 4. The van der Waals surface area contributed by atoms with E-state index in [2.05, 4.69) is 5.32 Å². The average molecular weight is 383 g/mol. The summed E-state index contributed by atoms with van der Waals surface area (Å²) in [6.45, 7) is 1.78. The molecule has 1 amide bonds. The van der Waals surface area contributed by atoms with Crippen molar-refractivity contribution in [1.82, 2.24) is 5.32 Å². The number of phenols is 1. The third kappa shape index (κ3) is 7.13. The average Bonchev–Trinajstić information content (AvgIpc) is 3.07. The Labute approximate surface area is 157 Å². The van der Waals surface area contributed by atoms with Crippen molar-refractivity contribution in [3.05, 3.63) is 29.3 Å². The van der Waals surface area contributed by atoms with Gasteiger partial charge in [0.15, 0.2) is 0 Å². The maximum atomic E-state index is 12.1. The van der Waals surface area contributed by atoms with E-state index in [-0.39, 0.29) is 11.7 Å². The number of rotatable bonds is 9. The Morgan fingerprint density at radius 1 is 1.40 bits per heavy atom. The number of carbonyl (C=O) groups is 1. The van der Waals surface area contributed by atoms with E-state index in [1.165, 1.54) is 12.2 Å². The van der Waals surface area contributed by atoms with Gasteiger partial charge in [-0.3, -0.25) is 4.79 Å². The molecule has 1 aliphatic heterocycles. The summed E-state index contributed by atoms with van der Waals surface area (Å²) in [6, 6.07) is 5.09. The lowest BCUT2D eigenvalue weighted by Gasteiger charge is -2.18. The van der Waals surface area contributed by atoms with E-state index < -0.39 is 13.1 Å². The van der Waals surface area contributed by atoms with Crippen LogP contribution >= 0.6 is 21.6 Å². The zero-order valence-corrected chi connectivity index (χ0v) is 16.1. The molecule has 1 fully saturated rings. The molecule has 1 aromatic carbocycles. The van der Waals surface area contributed by atoms with Crippen molar-refractivity contribution in [3.8, 4) is 5.75 Å². The van der Waals surface area contributed by atoms with Crippen LogP contribution in [-0.2, 0) is 11.2 Å². The van der Waals surface area contributed by atoms with Crippen molar-refractivity contribution in [2.24, 2.45) is 0 Å². The summed E-state index contributed by atoms with van der Waals surface area (Å²) in [5.74, 6) is 0.524. The third-order valence-corrected chi connectivity index (χ3v) is 7.34. The van der Waals surface area contributed by atoms with E-state index in [1.807, 2.05) is 21.6 Å². The van der Waals surface area contributed by atoms with Crippen molar-refractivity contribution < 1.29 is 19.9 Å². The van der Waals surface area contributed by atoms with E-state index in [9.17, 15) is 19.9 Å². The number of aromatic hydroxyl groups is 1. The van der Waals surface area contributed by atoms with Crippen molar-refractivity contribution in [1.29, 1.82) is 0 Å². The fraction of sp³-hybridized carbons (Fsp3) is 0.588. The van der Waals surface area contributed by atoms with E-state index in [0.717, 1.165) is 35.6 Å². The summed E-state index contributed by atoms with van der Waals surface area (Å²) in [5, 5.41) is 32.1. The van der Waals surface area contributed by atoms with Gasteiger partial charge in [0.25, 0.3) is 0 Å². The second-order valence-corrected chi connectivity index (χ2v) is 9.27. The molecule has 138 valence electrons. The van der Waals surface area contributed by atoms with E-state index in [0.29, 0.717) is 12.8 Å². The first-order valence-corrected chi connectivity index (χ1v) is 11.1. The van der Waals surface area contributed by atoms with E-state index >= 15 is 0 Å². The zero-order chi connectivity index (χ0) is 18.2. The van der Waals surface area contributed by atoms with Crippen LogP contribution in [0.5, 0.6) is 5.75 Å². The molecular weight excluding hydrogens is 357 g/mol. The number of nitrogens with one attached hydrogen (secondary N) is 1. The second kappa shape index (κ2) is 10.4. The van der Waals surface area contributed by atoms with Gasteiger partial charge in [-0.2, -0.15) is 0 Å². The Bertz CT molecular complexity index is 568. The van der Waals surface area contributed by atoms with E-state index in [4.69, 9.17) is 0 Å². The quantitative estimate of drug-likeness (QED) is 0.298. The molecule has 0 bridgehead atoms. The summed E-state index contributed by atoms with van der Waals surface area (Å²) < 4.78 is 0. The van der Waals surface area contributed by atoms with Gasteiger partial charge in [-0.15, -0.1) is 0 Å². The van der Waals surface area contributed by atoms with Crippen LogP contribution in [0.1, 0.15) is 43.2 Å². The Balaban J connectivity index is 1.75. The largest absolute Gasteiger partial charge is 0.508 e. The monoisotopic (exact) mass is 383 g/mol. The van der Waals surface area contributed by atoms with Gasteiger partial charge in [0.1, 0.15) is 5.75 Å². The number of aryl methyl sites for hydroxylation is 1. The molecule has 1 saturated heterocycles. The summed E-state index contributed by atoms with van der Waals surface area (Å²) >= 11 is 0. The smallest absolute Gasteiger partial charge is 0.475 e. The molecule has 0 radical (unpaired) electrons. The normalized spacial score (nSPS) is 18.1. The van der Waals surface area contributed by atoms with Gasteiger partial charge < -0.3 is 20.5 Å². The van der Waals surface area contributed by atoms with Crippen LogP contribution in [0.4, 0.5) is 0 Å². The number of benzene rings is 1. The summed E-state index contributed by atoms with van der Waals surface area (Å²) in [4.78, 5) is 12.1. The van der Waals surface area contributed by atoms with Crippen LogP contribution in [-0.4, -0.2) is 45.1 Å². The molecular formula is C17H26BNO4S2. The number of amides is 1. The predicted octanol–water partition coefficient (Wildman–Crippen LogP) is 2.45. The molecule has 0 aromatic heterocycles. The summed E-state index contributed by atoms with van der Waals surface area (Å²) in [6.07, 6.45) is 4.95.